The Labute approximate surface area is 126 Å². The van der Waals surface area contributed by atoms with Gasteiger partial charge in [-0.1, -0.05) is 17.3 Å². The van der Waals surface area contributed by atoms with Crippen LogP contribution in [-0.2, 0) is 6.42 Å². The van der Waals surface area contributed by atoms with Crippen molar-refractivity contribution in [2.45, 2.75) is 19.4 Å². The van der Waals surface area contributed by atoms with E-state index in [2.05, 4.69) is 20.8 Å². The lowest BCUT2D eigenvalue weighted by atomic mass is 10.1. The highest BCUT2D eigenvalue weighted by atomic mass is 19.1. The maximum absolute atomic E-state index is 12.8. The molecule has 0 aliphatic carbocycles. The molecule has 0 saturated carbocycles. The third-order valence-electron chi connectivity index (χ3n) is 2.90. The number of aryl methyl sites for hydroxylation is 1. The van der Waals surface area contributed by atoms with Gasteiger partial charge >= 0.3 is 6.03 Å². The van der Waals surface area contributed by atoms with Gasteiger partial charge in [-0.05, 0) is 24.6 Å². The Balaban J connectivity index is 1.67. The molecule has 7 nitrogen and oxygen atoms in total. The monoisotopic (exact) mass is 308 g/mol. The van der Waals surface area contributed by atoms with Crippen LogP contribution in [0.4, 0.5) is 9.18 Å². The van der Waals surface area contributed by atoms with E-state index in [1.165, 1.54) is 24.3 Å². The number of carbonyl (C=O) groups is 1. The second-order valence-corrected chi connectivity index (χ2v) is 4.69. The maximum Gasteiger partial charge on any atom is 0.314 e. The molecule has 0 aliphatic heterocycles. The second-order valence-electron chi connectivity index (χ2n) is 4.69. The molecule has 0 radical (unpaired) electrons. The zero-order chi connectivity index (χ0) is 15.9. The molecule has 1 heterocycles. The summed E-state index contributed by atoms with van der Waals surface area (Å²) in [4.78, 5) is 15.6. The lowest BCUT2D eigenvalue weighted by Gasteiger charge is -2.12. The number of carbonyl (C=O) groups excluding carboxylic acids is 1. The first-order chi connectivity index (χ1) is 10.5. The fourth-order valence-electron chi connectivity index (χ4n) is 1.78. The molecule has 1 atom stereocenters. The summed E-state index contributed by atoms with van der Waals surface area (Å²) in [6.07, 6.45) is -0.473. The summed E-state index contributed by atoms with van der Waals surface area (Å²) >= 11 is 0. The Bertz CT molecular complexity index is 615. The number of amides is 2. The van der Waals surface area contributed by atoms with Crippen molar-refractivity contribution in [1.82, 2.24) is 20.8 Å². The number of aromatic nitrogens is 2. The van der Waals surface area contributed by atoms with Crippen molar-refractivity contribution in [3.8, 4) is 0 Å². The maximum atomic E-state index is 12.8. The van der Waals surface area contributed by atoms with Gasteiger partial charge in [-0.2, -0.15) is 4.98 Å². The van der Waals surface area contributed by atoms with Crippen molar-refractivity contribution in [2.75, 3.05) is 13.1 Å². The predicted octanol–water partition coefficient (Wildman–Crippen LogP) is 1.09. The second kappa shape index (κ2) is 7.51. The van der Waals surface area contributed by atoms with E-state index in [0.29, 0.717) is 30.2 Å². The lowest BCUT2D eigenvalue weighted by Crippen LogP contribution is -2.38. The fraction of sp³-hybridized carbons (Fsp3) is 0.357. The van der Waals surface area contributed by atoms with Crippen LogP contribution in [-0.4, -0.2) is 34.4 Å². The molecule has 0 spiro atoms. The van der Waals surface area contributed by atoms with E-state index < -0.39 is 12.1 Å². The Morgan fingerprint density at radius 3 is 2.73 bits per heavy atom. The van der Waals surface area contributed by atoms with E-state index in [9.17, 15) is 14.3 Å². The highest BCUT2D eigenvalue weighted by molar-refractivity contribution is 5.73. The quantitative estimate of drug-likeness (QED) is 0.742. The van der Waals surface area contributed by atoms with Crippen LogP contribution in [0.2, 0.25) is 0 Å². The number of halogens is 1. The number of urea groups is 1. The van der Waals surface area contributed by atoms with Gasteiger partial charge in [-0.15, -0.1) is 0 Å². The molecule has 118 valence electrons. The SMILES string of the molecule is Cc1noc(CCNC(=O)NCC(O)c2ccc(F)cc2)n1. The molecular formula is C14H17FN4O3. The first kappa shape index (κ1) is 15.9. The van der Waals surface area contributed by atoms with Crippen molar-refractivity contribution >= 4 is 6.03 Å². The van der Waals surface area contributed by atoms with E-state index >= 15 is 0 Å². The van der Waals surface area contributed by atoms with Crippen molar-refractivity contribution in [1.29, 1.82) is 0 Å². The van der Waals surface area contributed by atoms with Crippen LogP contribution < -0.4 is 10.6 Å². The number of aliphatic hydroxyl groups is 1. The van der Waals surface area contributed by atoms with Crippen LogP contribution in [0, 0.1) is 12.7 Å². The van der Waals surface area contributed by atoms with Gasteiger partial charge in [-0.25, -0.2) is 9.18 Å². The number of nitrogens with one attached hydrogen (secondary N) is 2. The van der Waals surface area contributed by atoms with Crippen LogP contribution in [0.25, 0.3) is 0 Å². The van der Waals surface area contributed by atoms with E-state index in [1.54, 1.807) is 6.92 Å². The minimum absolute atomic E-state index is 0.0249. The molecule has 2 amide bonds. The van der Waals surface area contributed by atoms with E-state index in [-0.39, 0.29) is 12.4 Å². The van der Waals surface area contributed by atoms with Gasteiger partial charge < -0.3 is 20.3 Å². The zero-order valence-electron chi connectivity index (χ0n) is 12.0. The summed E-state index contributed by atoms with van der Waals surface area (Å²) < 4.78 is 17.7. The third-order valence-corrected chi connectivity index (χ3v) is 2.90. The standard InChI is InChI=1S/C14H17FN4O3/c1-9-18-13(22-19-9)6-7-16-14(21)17-8-12(20)10-2-4-11(15)5-3-10/h2-5,12,20H,6-8H2,1H3,(H2,16,17,21). The predicted molar refractivity (Wildman–Crippen MR) is 75.5 cm³/mol. The molecule has 0 fully saturated rings. The van der Waals surface area contributed by atoms with Gasteiger partial charge in [0, 0.05) is 19.5 Å². The topological polar surface area (TPSA) is 100 Å². The normalized spacial score (nSPS) is 12.0. The summed E-state index contributed by atoms with van der Waals surface area (Å²) in [5, 5.41) is 18.6. The molecule has 1 aromatic heterocycles. The van der Waals surface area contributed by atoms with Gasteiger partial charge in [0.05, 0.1) is 6.10 Å². The van der Waals surface area contributed by atoms with E-state index in [0.717, 1.165) is 0 Å². The Morgan fingerprint density at radius 2 is 2.09 bits per heavy atom. The average Bonchev–Trinajstić information content (AvgIpc) is 2.91. The molecule has 0 aliphatic rings. The van der Waals surface area contributed by atoms with Crippen LogP contribution in [0.3, 0.4) is 0 Å². The third kappa shape index (κ3) is 4.81. The minimum Gasteiger partial charge on any atom is -0.387 e. The number of aliphatic hydroxyl groups excluding tert-OH is 1. The molecule has 0 bridgehead atoms. The Morgan fingerprint density at radius 1 is 1.36 bits per heavy atom. The molecule has 8 heteroatoms. The van der Waals surface area contributed by atoms with Gasteiger partial charge in [0.25, 0.3) is 0 Å². The smallest absolute Gasteiger partial charge is 0.314 e. The Kier molecular flexibility index (Phi) is 5.42. The number of hydrogen-bond acceptors (Lipinski definition) is 5. The van der Waals surface area contributed by atoms with Crippen LogP contribution in [0.5, 0.6) is 0 Å². The number of benzene rings is 1. The van der Waals surface area contributed by atoms with Crippen LogP contribution in [0.1, 0.15) is 23.4 Å². The first-order valence-corrected chi connectivity index (χ1v) is 6.79. The van der Waals surface area contributed by atoms with E-state index in [4.69, 9.17) is 4.52 Å². The van der Waals surface area contributed by atoms with Gasteiger partial charge in [0.15, 0.2) is 5.82 Å². The molecule has 1 aromatic carbocycles. The minimum atomic E-state index is -0.898. The summed E-state index contributed by atoms with van der Waals surface area (Å²) in [5.41, 5.74) is 0.531. The van der Waals surface area contributed by atoms with Gasteiger partial charge in [-0.3, -0.25) is 0 Å². The summed E-state index contributed by atoms with van der Waals surface area (Å²) in [7, 11) is 0. The molecule has 2 aromatic rings. The van der Waals surface area contributed by atoms with Crippen molar-refractivity contribution < 1.29 is 18.8 Å². The van der Waals surface area contributed by atoms with Crippen LogP contribution >= 0.6 is 0 Å². The summed E-state index contributed by atoms with van der Waals surface area (Å²) in [6.45, 7) is 2.07. The number of rotatable bonds is 6. The molecular weight excluding hydrogens is 291 g/mol. The summed E-state index contributed by atoms with van der Waals surface area (Å²) in [5.74, 6) is 0.615. The van der Waals surface area contributed by atoms with Gasteiger partial charge in [0.2, 0.25) is 5.89 Å². The van der Waals surface area contributed by atoms with Crippen molar-refractivity contribution in [3.05, 3.63) is 47.4 Å². The molecule has 2 rings (SSSR count). The highest BCUT2D eigenvalue weighted by Gasteiger charge is 2.10. The Hall–Kier alpha value is -2.48. The molecule has 1 unspecified atom stereocenters. The van der Waals surface area contributed by atoms with Crippen molar-refractivity contribution in [2.24, 2.45) is 0 Å². The summed E-state index contributed by atoms with van der Waals surface area (Å²) in [6, 6.07) is 5.03. The van der Waals surface area contributed by atoms with Crippen molar-refractivity contribution in [3.63, 3.8) is 0 Å². The molecule has 22 heavy (non-hydrogen) atoms. The highest BCUT2D eigenvalue weighted by Crippen LogP contribution is 2.12. The van der Waals surface area contributed by atoms with Crippen LogP contribution in [0.15, 0.2) is 28.8 Å². The van der Waals surface area contributed by atoms with Gasteiger partial charge in [0.1, 0.15) is 5.82 Å². The average molecular weight is 308 g/mol. The zero-order valence-corrected chi connectivity index (χ0v) is 12.0. The number of hydrogen-bond donors (Lipinski definition) is 3. The fourth-order valence-corrected chi connectivity index (χ4v) is 1.78. The molecule has 0 saturated heterocycles. The number of nitrogens with zero attached hydrogens (tertiary/aromatic N) is 2. The van der Waals surface area contributed by atoms with E-state index in [1.807, 2.05) is 0 Å². The largest absolute Gasteiger partial charge is 0.387 e. The lowest BCUT2D eigenvalue weighted by molar-refractivity contribution is 0.173. The molecule has 3 N–H and O–H groups in total. The first-order valence-electron chi connectivity index (χ1n) is 6.79.